The number of anilines is 1. The number of sulfonamides is 2. The van der Waals surface area contributed by atoms with Gasteiger partial charge in [0.15, 0.2) is 11.6 Å². The predicted molar refractivity (Wildman–Crippen MR) is 95.3 cm³/mol. The van der Waals surface area contributed by atoms with E-state index in [1.54, 1.807) is 6.92 Å². The summed E-state index contributed by atoms with van der Waals surface area (Å²) in [5.74, 6) is -2.46. The second-order valence-corrected chi connectivity index (χ2v) is 9.08. The van der Waals surface area contributed by atoms with Crippen LogP contribution in [0.5, 0.6) is 0 Å². The van der Waals surface area contributed by atoms with Gasteiger partial charge >= 0.3 is 0 Å². The third-order valence-electron chi connectivity index (χ3n) is 3.39. The molecule has 2 aromatic carbocycles. The molecule has 1 unspecified atom stereocenters. The van der Waals surface area contributed by atoms with E-state index >= 15 is 0 Å². The zero-order valence-electron chi connectivity index (χ0n) is 14.4. The first-order valence-corrected chi connectivity index (χ1v) is 10.6. The van der Waals surface area contributed by atoms with Crippen LogP contribution < -0.4 is 9.44 Å². The highest BCUT2D eigenvalue weighted by molar-refractivity contribution is 7.92. The molecule has 0 fully saturated rings. The lowest BCUT2D eigenvalue weighted by Crippen LogP contribution is -2.35. The van der Waals surface area contributed by atoms with E-state index in [1.807, 2.05) is 0 Å². The molecule has 0 aromatic heterocycles. The van der Waals surface area contributed by atoms with E-state index in [0.29, 0.717) is 12.1 Å². The van der Waals surface area contributed by atoms with Crippen molar-refractivity contribution >= 4 is 25.7 Å². The summed E-state index contributed by atoms with van der Waals surface area (Å²) in [5, 5.41) is 0. The fourth-order valence-electron chi connectivity index (χ4n) is 2.18. The quantitative estimate of drug-likeness (QED) is 0.681. The lowest BCUT2D eigenvalue weighted by Gasteiger charge is -2.14. The van der Waals surface area contributed by atoms with Gasteiger partial charge in [-0.1, -0.05) is 0 Å². The number of benzene rings is 2. The van der Waals surface area contributed by atoms with Crippen molar-refractivity contribution in [1.29, 1.82) is 0 Å². The van der Waals surface area contributed by atoms with Crippen LogP contribution in [-0.4, -0.2) is 36.6 Å². The Labute approximate surface area is 156 Å². The molecule has 0 saturated carbocycles. The normalized spacial score (nSPS) is 13.3. The van der Waals surface area contributed by atoms with Gasteiger partial charge in [0, 0.05) is 18.8 Å². The highest BCUT2D eigenvalue weighted by Gasteiger charge is 2.19. The fourth-order valence-corrected chi connectivity index (χ4v) is 4.48. The van der Waals surface area contributed by atoms with Crippen molar-refractivity contribution in [2.45, 2.75) is 22.8 Å². The Kier molecular flexibility index (Phi) is 6.52. The van der Waals surface area contributed by atoms with Crippen molar-refractivity contribution in [3.8, 4) is 0 Å². The molecule has 0 bridgehead atoms. The largest absolute Gasteiger partial charge is 0.383 e. The Morgan fingerprint density at radius 2 is 1.52 bits per heavy atom. The van der Waals surface area contributed by atoms with Gasteiger partial charge in [0.1, 0.15) is 0 Å². The molecule has 27 heavy (non-hydrogen) atoms. The summed E-state index contributed by atoms with van der Waals surface area (Å²) >= 11 is 0. The number of nitrogens with one attached hydrogen (secondary N) is 2. The minimum absolute atomic E-state index is 0.0589. The maximum atomic E-state index is 13.2. The minimum Gasteiger partial charge on any atom is -0.383 e. The maximum Gasteiger partial charge on any atom is 0.261 e. The number of hydrogen-bond acceptors (Lipinski definition) is 5. The molecule has 0 aliphatic heterocycles. The van der Waals surface area contributed by atoms with Crippen molar-refractivity contribution in [2.75, 3.05) is 18.4 Å². The lowest BCUT2D eigenvalue weighted by molar-refractivity contribution is 0.180. The SMILES string of the molecule is COCC(C)NS(=O)(=O)c1ccc(NS(=O)(=O)c2ccc(F)c(F)c2)cc1. The van der Waals surface area contributed by atoms with Gasteiger partial charge in [-0.15, -0.1) is 0 Å². The van der Waals surface area contributed by atoms with Crippen molar-refractivity contribution in [3.63, 3.8) is 0 Å². The molecule has 0 aliphatic carbocycles. The number of halogens is 2. The third kappa shape index (κ3) is 5.45. The van der Waals surface area contributed by atoms with E-state index < -0.39 is 42.6 Å². The Morgan fingerprint density at radius 1 is 0.926 bits per heavy atom. The van der Waals surface area contributed by atoms with E-state index in [2.05, 4.69) is 9.44 Å². The summed E-state index contributed by atoms with van der Waals surface area (Å²) in [6.45, 7) is 1.82. The standard InChI is InChI=1S/C16H18F2N2O5S2/c1-11(10-25-2)19-26(21,22)13-5-3-12(4-6-13)20-27(23,24)14-7-8-15(17)16(18)9-14/h3-9,11,19-20H,10H2,1-2H3. The third-order valence-corrected chi connectivity index (χ3v) is 6.38. The first kappa shape index (κ1) is 21.2. The number of methoxy groups -OCH3 is 1. The van der Waals surface area contributed by atoms with E-state index in [4.69, 9.17) is 4.74 Å². The van der Waals surface area contributed by atoms with Gasteiger partial charge < -0.3 is 4.74 Å². The van der Waals surface area contributed by atoms with Crippen LogP contribution >= 0.6 is 0 Å². The van der Waals surface area contributed by atoms with Crippen LogP contribution in [0, 0.1) is 11.6 Å². The van der Waals surface area contributed by atoms with Crippen LogP contribution in [0.1, 0.15) is 6.92 Å². The molecular weight excluding hydrogens is 402 g/mol. The highest BCUT2D eigenvalue weighted by Crippen LogP contribution is 2.20. The van der Waals surface area contributed by atoms with Gasteiger partial charge in [0.25, 0.3) is 10.0 Å². The van der Waals surface area contributed by atoms with Gasteiger partial charge in [-0.3, -0.25) is 4.72 Å². The van der Waals surface area contributed by atoms with Crippen LogP contribution in [0.4, 0.5) is 14.5 Å². The van der Waals surface area contributed by atoms with Gasteiger partial charge in [-0.05, 0) is 49.4 Å². The molecule has 0 heterocycles. The Hall–Kier alpha value is -2.08. The van der Waals surface area contributed by atoms with Crippen LogP contribution in [0.3, 0.4) is 0 Å². The predicted octanol–water partition coefficient (Wildman–Crippen LogP) is 2.08. The molecule has 2 N–H and O–H groups in total. The Morgan fingerprint density at radius 3 is 2.07 bits per heavy atom. The highest BCUT2D eigenvalue weighted by atomic mass is 32.2. The van der Waals surface area contributed by atoms with Crippen molar-refractivity contribution < 1.29 is 30.4 Å². The van der Waals surface area contributed by atoms with Gasteiger partial charge in [0.2, 0.25) is 10.0 Å². The first-order valence-electron chi connectivity index (χ1n) is 7.64. The monoisotopic (exact) mass is 420 g/mol. The van der Waals surface area contributed by atoms with E-state index in [-0.39, 0.29) is 17.2 Å². The molecule has 0 spiro atoms. The zero-order chi connectivity index (χ0) is 20.2. The molecule has 148 valence electrons. The van der Waals surface area contributed by atoms with Gasteiger partial charge in [-0.25, -0.2) is 30.3 Å². The summed E-state index contributed by atoms with van der Waals surface area (Å²) in [4.78, 5) is -0.533. The second-order valence-electron chi connectivity index (χ2n) is 5.68. The second kappa shape index (κ2) is 8.30. The van der Waals surface area contributed by atoms with E-state index in [1.165, 1.54) is 31.4 Å². The summed E-state index contributed by atoms with van der Waals surface area (Å²) in [7, 11) is -6.53. The van der Waals surface area contributed by atoms with Crippen LogP contribution in [0.2, 0.25) is 0 Å². The molecule has 1 atom stereocenters. The Bertz CT molecular complexity index is 1010. The molecule has 2 aromatic rings. The summed E-state index contributed by atoms with van der Waals surface area (Å²) in [5.41, 5.74) is 0.0589. The van der Waals surface area contributed by atoms with Crippen LogP contribution in [0.25, 0.3) is 0 Å². The average molecular weight is 420 g/mol. The minimum atomic E-state index is -4.17. The average Bonchev–Trinajstić information content (AvgIpc) is 2.57. The molecule has 11 heteroatoms. The molecule has 0 aliphatic rings. The molecular formula is C16H18F2N2O5S2. The van der Waals surface area contributed by atoms with Gasteiger partial charge in [-0.2, -0.15) is 0 Å². The first-order chi connectivity index (χ1) is 12.5. The zero-order valence-corrected chi connectivity index (χ0v) is 16.1. The van der Waals surface area contributed by atoms with Crippen molar-refractivity contribution in [1.82, 2.24) is 4.72 Å². The topological polar surface area (TPSA) is 102 Å². The number of hydrogen-bond donors (Lipinski definition) is 2. The molecule has 2 rings (SSSR count). The number of rotatable bonds is 8. The fraction of sp³-hybridized carbons (Fsp3) is 0.250. The van der Waals surface area contributed by atoms with Gasteiger partial charge in [0.05, 0.1) is 16.4 Å². The summed E-state index contributed by atoms with van der Waals surface area (Å²) in [6.07, 6.45) is 0. The van der Waals surface area contributed by atoms with Crippen LogP contribution in [-0.2, 0) is 24.8 Å². The molecule has 0 radical (unpaired) electrons. The van der Waals surface area contributed by atoms with E-state index in [9.17, 15) is 25.6 Å². The maximum absolute atomic E-state index is 13.2. The lowest BCUT2D eigenvalue weighted by atomic mass is 10.3. The summed E-state index contributed by atoms with van der Waals surface area (Å²) in [6, 6.07) is 6.63. The van der Waals surface area contributed by atoms with Crippen LogP contribution in [0.15, 0.2) is 52.3 Å². The Balaban J connectivity index is 2.18. The molecule has 7 nitrogen and oxygen atoms in total. The smallest absolute Gasteiger partial charge is 0.261 e. The summed E-state index contributed by atoms with van der Waals surface area (Å²) < 4.78 is 84.5. The van der Waals surface area contributed by atoms with Crippen molar-refractivity contribution in [2.24, 2.45) is 0 Å². The molecule has 0 amide bonds. The van der Waals surface area contributed by atoms with E-state index in [0.717, 1.165) is 6.07 Å². The molecule has 0 saturated heterocycles. The number of ether oxygens (including phenoxy) is 1. The van der Waals surface area contributed by atoms with Crippen molar-refractivity contribution in [3.05, 3.63) is 54.1 Å².